The highest BCUT2D eigenvalue weighted by Gasteiger charge is 2.19. The molecule has 0 aliphatic carbocycles. The Kier molecular flexibility index (Phi) is 4.58. The number of likely N-dealkylation sites (tertiary alicyclic amines) is 1. The second-order valence-electron chi connectivity index (χ2n) is 4.51. The summed E-state index contributed by atoms with van der Waals surface area (Å²) < 4.78 is 5.33. The topological polar surface area (TPSA) is 39.5 Å². The summed E-state index contributed by atoms with van der Waals surface area (Å²) in [7, 11) is 0. The second-order valence-corrected chi connectivity index (χ2v) is 4.51. The SMILES string of the molecule is N#C[C]1CCN(CCN2CCOCC2)CC1. The fourth-order valence-corrected chi connectivity index (χ4v) is 2.27. The highest BCUT2D eigenvalue weighted by Crippen LogP contribution is 2.17. The van der Waals surface area contributed by atoms with Gasteiger partial charge in [0.2, 0.25) is 0 Å². The van der Waals surface area contributed by atoms with Crippen LogP contribution in [0.15, 0.2) is 0 Å². The van der Waals surface area contributed by atoms with Crippen molar-refractivity contribution < 1.29 is 4.74 Å². The van der Waals surface area contributed by atoms with Crippen LogP contribution in [0.3, 0.4) is 0 Å². The van der Waals surface area contributed by atoms with Crippen LogP contribution < -0.4 is 0 Å². The minimum atomic E-state index is 0.881. The minimum absolute atomic E-state index is 0.881. The summed E-state index contributed by atoms with van der Waals surface area (Å²) in [6, 6.07) is 2.29. The zero-order valence-corrected chi connectivity index (χ0v) is 9.82. The lowest BCUT2D eigenvalue weighted by Gasteiger charge is -2.32. The molecule has 4 nitrogen and oxygen atoms in total. The first kappa shape index (κ1) is 11.8. The fourth-order valence-electron chi connectivity index (χ4n) is 2.27. The molecule has 0 aromatic carbocycles. The molecule has 2 aliphatic heterocycles. The van der Waals surface area contributed by atoms with Crippen LogP contribution in [0.2, 0.25) is 0 Å². The summed E-state index contributed by atoms with van der Waals surface area (Å²) in [5.41, 5.74) is 0. The van der Waals surface area contributed by atoms with Crippen molar-refractivity contribution in [2.45, 2.75) is 12.8 Å². The number of nitrogens with zero attached hydrogens (tertiary/aromatic N) is 3. The lowest BCUT2D eigenvalue weighted by molar-refractivity contribution is 0.0328. The van der Waals surface area contributed by atoms with Gasteiger partial charge in [-0.2, -0.15) is 5.26 Å². The van der Waals surface area contributed by atoms with Crippen molar-refractivity contribution in [1.29, 1.82) is 5.26 Å². The van der Waals surface area contributed by atoms with Crippen molar-refractivity contribution in [3.05, 3.63) is 5.92 Å². The smallest absolute Gasteiger partial charge is 0.0785 e. The highest BCUT2D eigenvalue weighted by molar-refractivity contribution is 5.12. The molecule has 0 unspecified atom stereocenters. The first-order valence-corrected chi connectivity index (χ1v) is 6.16. The van der Waals surface area contributed by atoms with E-state index >= 15 is 0 Å². The van der Waals surface area contributed by atoms with Crippen molar-refractivity contribution in [2.75, 3.05) is 52.5 Å². The average molecular weight is 222 g/mol. The number of morpholine rings is 1. The molecule has 4 heteroatoms. The molecule has 0 aromatic heterocycles. The molecule has 0 saturated carbocycles. The second kappa shape index (κ2) is 6.19. The Hall–Kier alpha value is -0.630. The number of ether oxygens (including phenoxy) is 1. The maximum atomic E-state index is 8.78. The lowest BCUT2D eigenvalue weighted by atomic mass is 9.99. The van der Waals surface area contributed by atoms with Gasteiger partial charge in [0.25, 0.3) is 0 Å². The van der Waals surface area contributed by atoms with Gasteiger partial charge in [-0.25, -0.2) is 0 Å². The van der Waals surface area contributed by atoms with Gasteiger partial charge in [-0.15, -0.1) is 0 Å². The van der Waals surface area contributed by atoms with E-state index in [2.05, 4.69) is 15.9 Å². The average Bonchev–Trinajstić information content (AvgIpc) is 2.38. The standard InChI is InChI=1S/C12H20N3O/c13-11-12-1-3-14(4-2-12)5-6-15-7-9-16-10-8-15/h1-10H2. The number of rotatable bonds is 3. The molecular formula is C12H20N3O. The fraction of sp³-hybridized carbons (Fsp3) is 0.833. The molecule has 0 bridgehead atoms. The predicted octanol–water partition coefficient (Wildman–Crippen LogP) is 0.512. The van der Waals surface area contributed by atoms with E-state index in [1.807, 2.05) is 0 Å². The van der Waals surface area contributed by atoms with Crippen molar-refractivity contribution >= 4 is 0 Å². The van der Waals surface area contributed by atoms with E-state index < -0.39 is 0 Å². The summed E-state index contributed by atoms with van der Waals surface area (Å²) in [5.74, 6) is 1.07. The Morgan fingerprint density at radius 3 is 2.12 bits per heavy atom. The Bertz CT molecular complexity index is 237. The molecule has 2 aliphatic rings. The van der Waals surface area contributed by atoms with Gasteiger partial charge in [0.1, 0.15) is 0 Å². The van der Waals surface area contributed by atoms with Crippen molar-refractivity contribution in [1.82, 2.24) is 9.80 Å². The van der Waals surface area contributed by atoms with Gasteiger partial charge in [0, 0.05) is 26.2 Å². The summed E-state index contributed by atoms with van der Waals surface area (Å²) in [5, 5.41) is 8.78. The van der Waals surface area contributed by atoms with E-state index in [1.165, 1.54) is 0 Å². The molecule has 2 heterocycles. The Morgan fingerprint density at radius 1 is 1.00 bits per heavy atom. The molecule has 2 rings (SSSR count). The largest absolute Gasteiger partial charge is 0.379 e. The number of hydrogen-bond acceptors (Lipinski definition) is 4. The third-order valence-electron chi connectivity index (χ3n) is 3.45. The van der Waals surface area contributed by atoms with E-state index in [9.17, 15) is 0 Å². The lowest BCUT2D eigenvalue weighted by Crippen LogP contribution is -2.43. The van der Waals surface area contributed by atoms with E-state index in [0.29, 0.717) is 0 Å². The molecule has 1 radical (unpaired) electrons. The zero-order valence-electron chi connectivity index (χ0n) is 9.82. The summed E-state index contributed by atoms with van der Waals surface area (Å²) >= 11 is 0. The van der Waals surface area contributed by atoms with E-state index in [0.717, 1.165) is 71.2 Å². The third kappa shape index (κ3) is 3.44. The van der Waals surface area contributed by atoms with Crippen molar-refractivity contribution in [3.63, 3.8) is 0 Å². The first-order valence-electron chi connectivity index (χ1n) is 6.16. The molecule has 0 atom stereocenters. The van der Waals surface area contributed by atoms with Crippen molar-refractivity contribution in [2.24, 2.45) is 0 Å². The van der Waals surface area contributed by atoms with Gasteiger partial charge < -0.3 is 9.64 Å². The minimum Gasteiger partial charge on any atom is -0.379 e. The summed E-state index contributed by atoms with van der Waals surface area (Å²) in [4.78, 5) is 4.93. The highest BCUT2D eigenvalue weighted by atomic mass is 16.5. The van der Waals surface area contributed by atoms with Gasteiger partial charge in [-0.1, -0.05) is 0 Å². The Labute approximate surface area is 97.8 Å². The maximum absolute atomic E-state index is 8.78. The normalized spacial score (nSPS) is 25.4. The van der Waals surface area contributed by atoms with Gasteiger partial charge in [-0.3, -0.25) is 4.90 Å². The molecular weight excluding hydrogens is 202 g/mol. The zero-order chi connectivity index (χ0) is 11.2. The molecule has 2 saturated heterocycles. The first-order chi connectivity index (χ1) is 7.88. The van der Waals surface area contributed by atoms with Crippen LogP contribution >= 0.6 is 0 Å². The van der Waals surface area contributed by atoms with Gasteiger partial charge >= 0.3 is 0 Å². The van der Waals surface area contributed by atoms with Crippen LogP contribution in [0.4, 0.5) is 0 Å². The van der Waals surface area contributed by atoms with Crippen LogP contribution in [0, 0.1) is 17.2 Å². The molecule has 0 aromatic rings. The third-order valence-corrected chi connectivity index (χ3v) is 3.45. The quantitative estimate of drug-likeness (QED) is 0.697. The van der Waals surface area contributed by atoms with E-state index in [4.69, 9.17) is 10.00 Å². The van der Waals surface area contributed by atoms with Gasteiger partial charge in [0.15, 0.2) is 0 Å². The maximum Gasteiger partial charge on any atom is 0.0785 e. The molecule has 0 N–H and O–H groups in total. The monoisotopic (exact) mass is 222 g/mol. The van der Waals surface area contributed by atoms with Crippen molar-refractivity contribution in [3.8, 4) is 6.07 Å². The van der Waals surface area contributed by atoms with Crippen LogP contribution in [0.1, 0.15) is 12.8 Å². The molecule has 89 valence electrons. The number of nitriles is 1. The van der Waals surface area contributed by atoms with E-state index in [1.54, 1.807) is 0 Å². The summed E-state index contributed by atoms with van der Waals surface area (Å²) in [6.07, 6.45) is 1.94. The Morgan fingerprint density at radius 2 is 1.56 bits per heavy atom. The molecule has 0 spiro atoms. The number of hydrogen-bond donors (Lipinski definition) is 0. The molecule has 2 fully saturated rings. The Balaban J connectivity index is 1.61. The molecule has 16 heavy (non-hydrogen) atoms. The van der Waals surface area contributed by atoms with Gasteiger partial charge in [0.05, 0.1) is 25.2 Å². The predicted molar refractivity (Wildman–Crippen MR) is 61.8 cm³/mol. The van der Waals surface area contributed by atoms with Gasteiger partial charge in [-0.05, 0) is 25.9 Å². The van der Waals surface area contributed by atoms with Crippen LogP contribution in [0.5, 0.6) is 0 Å². The van der Waals surface area contributed by atoms with Crippen LogP contribution in [-0.4, -0.2) is 62.3 Å². The van der Waals surface area contributed by atoms with E-state index in [-0.39, 0.29) is 0 Å². The van der Waals surface area contributed by atoms with Crippen LogP contribution in [0.25, 0.3) is 0 Å². The molecule has 0 amide bonds. The van der Waals surface area contributed by atoms with Crippen LogP contribution in [-0.2, 0) is 4.74 Å². The summed E-state index contributed by atoms with van der Waals surface area (Å²) in [6.45, 7) is 8.32. The number of piperidine rings is 1.